The van der Waals surface area contributed by atoms with Gasteiger partial charge in [-0.25, -0.2) is 17.9 Å². The first-order valence-corrected chi connectivity index (χ1v) is 9.60. The number of sulfonamides is 1. The number of rotatable bonds is 5. The van der Waals surface area contributed by atoms with Gasteiger partial charge >= 0.3 is 5.97 Å². The molecular formula is C14H21NO4S2. The molecule has 5 nitrogen and oxygen atoms in total. The van der Waals surface area contributed by atoms with Crippen LogP contribution in [0, 0.1) is 5.92 Å². The molecule has 1 aromatic rings. The van der Waals surface area contributed by atoms with Gasteiger partial charge in [-0.05, 0) is 31.7 Å². The van der Waals surface area contributed by atoms with E-state index in [0.29, 0.717) is 5.92 Å². The molecule has 1 aromatic heterocycles. The molecular weight excluding hydrogens is 310 g/mol. The topological polar surface area (TPSA) is 83.5 Å². The molecule has 0 radical (unpaired) electrons. The molecule has 1 aliphatic carbocycles. The molecule has 1 atom stereocenters. The molecule has 21 heavy (non-hydrogen) atoms. The number of aromatic carboxylic acids is 1. The Kier molecular flexibility index (Phi) is 5.40. The van der Waals surface area contributed by atoms with Crippen molar-refractivity contribution in [3.8, 4) is 0 Å². The summed E-state index contributed by atoms with van der Waals surface area (Å²) in [5, 5.41) is 10.3. The van der Waals surface area contributed by atoms with Crippen LogP contribution in [0.1, 0.15) is 55.1 Å². The predicted octanol–water partition coefficient (Wildman–Crippen LogP) is 3.08. The second-order valence-electron chi connectivity index (χ2n) is 5.61. The first-order valence-electron chi connectivity index (χ1n) is 7.24. The van der Waals surface area contributed by atoms with Crippen LogP contribution in [-0.2, 0) is 10.0 Å². The number of carboxylic acid groups (broad SMARTS) is 1. The van der Waals surface area contributed by atoms with Crippen LogP contribution in [0.4, 0.5) is 0 Å². The molecule has 1 heterocycles. The molecule has 0 bridgehead atoms. The molecule has 7 heteroatoms. The summed E-state index contributed by atoms with van der Waals surface area (Å²) in [5.41, 5.74) is 0. The molecule has 1 fully saturated rings. The van der Waals surface area contributed by atoms with Crippen molar-refractivity contribution in [2.45, 2.75) is 56.4 Å². The maximum atomic E-state index is 12.3. The SMILES string of the molecule is C[C@H](NS(=O)(=O)c1csc(C(=O)O)c1)C1CCCCCC1. The molecule has 118 valence electrons. The average molecular weight is 331 g/mol. The minimum Gasteiger partial charge on any atom is -0.477 e. The Balaban J connectivity index is 2.06. The summed E-state index contributed by atoms with van der Waals surface area (Å²) in [6, 6.07) is 1.09. The monoisotopic (exact) mass is 331 g/mol. The lowest BCUT2D eigenvalue weighted by Crippen LogP contribution is -2.37. The van der Waals surface area contributed by atoms with Crippen LogP contribution in [0.3, 0.4) is 0 Å². The summed E-state index contributed by atoms with van der Waals surface area (Å²) < 4.78 is 27.3. The van der Waals surface area contributed by atoms with Crippen molar-refractivity contribution in [2.24, 2.45) is 5.92 Å². The van der Waals surface area contributed by atoms with Crippen molar-refractivity contribution < 1.29 is 18.3 Å². The number of carbonyl (C=O) groups is 1. The molecule has 2 rings (SSSR count). The van der Waals surface area contributed by atoms with Crippen molar-refractivity contribution >= 4 is 27.3 Å². The van der Waals surface area contributed by atoms with Gasteiger partial charge < -0.3 is 5.11 Å². The quantitative estimate of drug-likeness (QED) is 0.812. The smallest absolute Gasteiger partial charge is 0.345 e. The predicted molar refractivity (Wildman–Crippen MR) is 82.3 cm³/mol. The van der Waals surface area contributed by atoms with E-state index in [0.717, 1.165) is 37.0 Å². The van der Waals surface area contributed by atoms with Gasteiger partial charge in [0.2, 0.25) is 10.0 Å². The highest BCUT2D eigenvalue weighted by atomic mass is 32.2. The Labute approximate surface area is 129 Å². The van der Waals surface area contributed by atoms with Crippen LogP contribution in [0.15, 0.2) is 16.3 Å². The summed E-state index contributed by atoms with van der Waals surface area (Å²) in [5.74, 6) is -0.738. The number of thiophene rings is 1. The van der Waals surface area contributed by atoms with Crippen LogP contribution >= 0.6 is 11.3 Å². The van der Waals surface area contributed by atoms with Crippen LogP contribution in [0.5, 0.6) is 0 Å². The molecule has 0 saturated heterocycles. The van der Waals surface area contributed by atoms with Crippen LogP contribution in [0.25, 0.3) is 0 Å². The van der Waals surface area contributed by atoms with E-state index in [-0.39, 0.29) is 15.8 Å². The van der Waals surface area contributed by atoms with Gasteiger partial charge in [0.1, 0.15) is 4.88 Å². The van der Waals surface area contributed by atoms with E-state index in [1.165, 1.54) is 24.3 Å². The molecule has 2 N–H and O–H groups in total. The van der Waals surface area contributed by atoms with Crippen LogP contribution < -0.4 is 4.72 Å². The first-order chi connectivity index (χ1) is 9.90. The zero-order valence-corrected chi connectivity index (χ0v) is 13.7. The third-order valence-electron chi connectivity index (χ3n) is 4.04. The van der Waals surface area contributed by atoms with E-state index >= 15 is 0 Å². The fourth-order valence-corrected chi connectivity index (χ4v) is 5.22. The highest BCUT2D eigenvalue weighted by molar-refractivity contribution is 7.89. The standard InChI is InChI=1S/C14H21NO4S2/c1-10(11-6-4-2-3-5-7-11)15-21(18,19)12-8-13(14(16)17)20-9-12/h8-11,15H,2-7H2,1H3,(H,16,17)/t10-/m0/s1. The zero-order valence-electron chi connectivity index (χ0n) is 12.0. The number of hydrogen-bond acceptors (Lipinski definition) is 4. The Bertz CT molecular complexity index is 586. The van der Waals surface area contributed by atoms with Crippen molar-refractivity contribution in [3.63, 3.8) is 0 Å². The number of hydrogen-bond donors (Lipinski definition) is 2. The summed E-state index contributed by atoms with van der Waals surface area (Å²) in [7, 11) is -3.64. The van der Waals surface area contributed by atoms with Gasteiger partial charge in [-0.15, -0.1) is 11.3 Å². The maximum Gasteiger partial charge on any atom is 0.345 e. The van der Waals surface area contributed by atoms with Gasteiger partial charge in [-0.3, -0.25) is 0 Å². The van der Waals surface area contributed by atoms with Crippen molar-refractivity contribution in [3.05, 3.63) is 16.3 Å². The Morgan fingerprint density at radius 2 is 1.95 bits per heavy atom. The molecule has 0 aliphatic heterocycles. The van der Waals surface area contributed by atoms with E-state index in [1.807, 2.05) is 6.92 Å². The van der Waals surface area contributed by atoms with E-state index in [9.17, 15) is 13.2 Å². The van der Waals surface area contributed by atoms with Gasteiger partial charge in [-0.1, -0.05) is 25.7 Å². The van der Waals surface area contributed by atoms with E-state index in [2.05, 4.69) is 4.72 Å². The second kappa shape index (κ2) is 6.89. The van der Waals surface area contributed by atoms with Gasteiger partial charge in [0, 0.05) is 11.4 Å². The lowest BCUT2D eigenvalue weighted by Gasteiger charge is -2.23. The van der Waals surface area contributed by atoms with Crippen LogP contribution in [-0.4, -0.2) is 25.5 Å². The molecule has 0 amide bonds. The highest BCUT2D eigenvalue weighted by Gasteiger charge is 2.25. The molecule has 1 saturated carbocycles. The lowest BCUT2D eigenvalue weighted by atomic mass is 9.94. The lowest BCUT2D eigenvalue weighted by molar-refractivity contribution is 0.0702. The second-order valence-corrected chi connectivity index (χ2v) is 8.24. The van der Waals surface area contributed by atoms with Crippen molar-refractivity contribution in [1.29, 1.82) is 0 Å². The summed E-state index contributed by atoms with van der Waals surface area (Å²) in [6.07, 6.45) is 6.85. The Morgan fingerprint density at radius 3 is 2.48 bits per heavy atom. The van der Waals surface area contributed by atoms with E-state index in [4.69, 9.17) is 5.11 Å². The van der Waals surface area contributed by atoms with Gasteiger partial charge in [0.15, 0.2) is 0 Å². The van der Waals surface area contributed by atoms with Crippen molar-refractivity contribution in [2.75, 3.05) is 0 Å². The molecule has 0 spiro atoms. The fourth-order valence-electron chi connectivity index (χ4n) is 2.79. The average Bonchev–Trinajstić information content (AvgIpc) is 2.76. The zero-order chi connectivity index (χ0) is 15.5. The summed E-state index contributed by atoms with van der Waals surface area (Å²) in [4.78, 5) is 10.9. The number of carboxylic acids is 1. The summed E-state index contributed by atoms with van der Waals surface area (Å²) >= 11 is 0.932. The normalized spacial score (nSPS) is 19.1. The summed E-state index contributed by atoms with van der Waals surface area (Å²) in [6.45, 7) is 1.90. The highest BCUT2D eigenvalue weighted by Crippen LogP contribution is 2.27. The maximum absolute atomic E-state index is 12.3. The minimum absolute atomic E-state index is 0.0393. The first kappa shape index (κ1) is 16.5. The van der Waals surface area contributed by atoms with E-state index in [1.54, 1.807) is 0 Å². The number of nitrogens with one attached hydrogen (secondary N) is 1. The third kappa shape index (κ3) is 4.28. The molecule has 0 aromatic carbocycles. The molecule has 1 aliphatic rings. The third-order valence-corrected chi connectivity index (χ3v) is 6.65. The van der Waals surface area contributed by atoms with Crippen molar-refractivity contribution in [1.82, 2.24) is 4.72 Å². The molecule has 0 unspecified atom stereocenters. The fraction of sp³-hybridized carbons (Fsp3) is 0.643. The van der Waals surface area contributed by atoms with E-state index < -0.39 is 16.0 Å². The minimum atomic E-state index is -3.64. The Hall–Kier alpha value is -0.920. The van der Waals surface area contributed by atoms with Gasteiger partial charge in [0.25, 0.3) is 0 Å². The largest absolute Gasteiger partial charge is 0.477 e. The van der Waals surface area contributed by atoms with Crippen LogP contribution in [0.2, 0.25) is 0 Å². The Morgan fingerprint density at radius 1 is 1.33 bits per heavy atom. The van der Waals surface area contributed by atoms with Gasteiger partial charge in [-0.2, -0.15) is 0 Å². The van der Waals surface area contributed by atoms with Gasteiger partial charge in [0.05, 0.1) is 4.90 Å².